The molecular formula is C5H9AsCl2. The average Bonchev–Trinajstić information content (AvgIpc) is 1.66. The molecule has 0 aliphatic heterocycles. The van der Waals surface area contributed by atoms with Gasteiger partial charge in [0.05, 0.1) is 0 Å². The van der Waals surface area contributed by atoms with Crippen LogP contribution in [-0.4, -0.2) is 12.8 Å². The predicted octanol–water partition coefficient (Wildman–Crippen LogP) is 2.92. The van der Waals surface area contributed by atoms with Gasteiger partial charge in [0.15, 0.2) is 0 Å². The van der Waals surface area contributed by atoms with Crippen LogP contribution in [0.1, 0.15) is 12.8 Å². The molecule has 0 aliphatic carbocycles. The zero-order chi connectivity index (χ0) is 6.41. The van der Waals surface area contributed by atoms with E-state index in [1.54, 1.807) is 0 Å². The second kappa shape index (κ2) is 6.01. The Kier molecular flexibility index (Phi) is 6.66. The van der Waals surface area contributed by atoms with E-state index in [4.69, 9.17) is 19.9 Å². The molecule has 8 heavy (non-hydrogen) atoms. The summed E-state index contributed by atoms with van der Waals surface area (Å²) in [4.78, 5) is 0. The summed E-state index contributed by atoms with van der Waals surface area (Å²) in [5.41, 5.74) is 0. The van der Waals surface area contributed by atoms with Crippen molar-refractivity contribution in [2.75, 3.05) is 0 Å². The van der Waals surface area contributed by atoms with Crippen molar-refractivity contribution in [3.8, 4) is 0 Å². The Morgan fingerprint density at radius 2 is 2.12 bits per heavy atom. The van der Waals surface area contributed by atoms with Crippen LogP contribution in [0.2, 0.25) is 5.21 Å². The van der Waals surface area contributed by atoms with Crippen molar-refractivity contribution >= 4 is 32.7 Å². The minimum absolute atomic E-state index is 1.02. The quantitative estimate of drug-likeness (QED) is 0.384. The third-order valence-electron chi connectivity index (χ3n) is 0.735. The Hall–Kier alpha value is 0.878. The summed E-state index contributed by atoms with van der Waals surface area (Å²) in [6.45, 7) is 3.59. The van der Waals surface area contributed by atoms with Crippen LogP contribution in [0.4, 0.5) is 0 Å². The normalized spacial score (nSPS) is 9.88. The molecule has 0 radical (unpaired) electrons. The fourth-order valence-electron chi connectivity index (χ4n) is 0.355. The number of rotatable bonds is 4. The van der Waals surface area contributed by atoms with Gasteiger partial charge in [-0.2, -0.15) is 0 Å². The number of hydrogen-bond donors (Lipinski definition) is 0. The topological polar surface area (TPSA) is 0 Å². The van der Waals surface area contributed by atoms with Gasteiger partial charge in [0.2, 0.25) is 0 Å². The van der Waals surface area contributed by atoms with Crippen LogP contribution in [0.3, 0.4) is 0 Å². The van der Waals surface area contributed by atoms with Crippen LogP contribution >= 0.6 is 19.9 Å². The van der Waals surface area contributed by atoms with Gasteiger partial charge in [-0.15, -0.1) is 0 Å². The Morgan fingerprint density at radius 3 is 2.50 bits per heavy atom. The molecule has 0 rings (SSSR count). The van der Waals surface area contributed by atoms with Gasteiger partial charge in [-0.3, -0.25) is 0 Å². The van der Waals surface area contributed by atoms with Crippen molar-refractivity contribution in [2.24, 2.45) is 0 Å². The first kappa shape index (κ1) is 8.88. The van der Waals surface area contributed by atoms with Crippen molar-refractivity contribution in [1.82, 2.24) is 0 Å². The number of halogens is 2. The molecule has 0 atom stereocenters. The molecule has 0 saturated carbocycles. The molecule has 0 nitrogen and oxygen atoms in total. The van der Waals surface area contributed by atoms with E-state index >= 15 is 0 Å². The average molecular weight is 215 g/mol. The van der Waals surface area contributed by atoms with Gasteiger partial charge in [-0.1, -0.05) is 0 Å². The zero-order valence-corrected chi connectivity index (χ0v) is 8.00. The van der Waals surface area contributed by atoms with E-state index in [0.717, 1.165) is 18.1 Å². The molecule has 0 amide bonds. The van der Waals surface area contributed by atoms with Gasteiger partial charge in [0.1, 0.15) is 0 Å². The molecule has 3 heteroatoms. The fraction of sp³-hybridized carbons (Fsp3) is 0.600. The maximum atomic E-state index is 5.59. The summed E-state index contributed by atoms with van der Waals surface area (Å²) >= 11 is -1.36. The molecule has 48 valence electrons. The monoisotopic (exact) mass is 214 g/mol. The van der Waals surface area contributed by atoms with E-state index in [-0.39, 0.29) is 0 Å². The third kappa shape index (κ3) is 6.88. The van der Waals surface area contributed by atoms with Crippen molar-refractivity contribution in [2.45, 2.75) is 18.1 Å². The van der Waals surface area contributed by atoms with Crippen LogP contribution in [-0.2, 0) is 0 Å². The fourth-order valence-corrected chi connectivity index (χ4v) is 2.48. The van der Waals surface area contributed by atoms with Crippen LogP contribution in [0.15, 0.2) is 12.7 Å². The molecule has 0 aromatic rings. The van der Waals surface area contributed by atoms with Crippen molar-refractivity contribution in [1.29, 1.82) is 0 Å². The van der Waals surface area contributed by atoms with E-state index in [9.17, 15) is 0 Å². The molecular weight excluding hydrogens is 206 g/mol. The number of unbranched alkanes of at least 4 members (excludes halogenated alkanes) is 1. The molecule has 0 fully saturated rings. The SMILES string of the molecule is C=CCCC[As](Cl)Cl. The first-order valence-corrected chi connectivity index (χ1v) is 8.73. The van der Waals surface area contributed by atoms with E-state index in [1.165, 1.54) is 0 Å². The van der Waals surface area contributed by atoms with Gasteiger partial charge in [0.25, 0.3) is 0 Å². The van der Waals surface area contributed by atoms with Crippen molar-refractivity contribution in [3.05, 3.63) is 12.7 Å². The van der Waals surface area contributed by atoms with Crippen LogP contribution in [0.5, 0.6) is 0 Å². The predicted molar refractivity (Wildman–Crippen MR) is 41.7 cm³/mol. The summed E-state index contributed by atoms with van der Waals surface area (Å²) in [7, 11) is 11.2. The Morgan fingerprint density at radius 1 is 1.50 bits per heavy atom. The van der Waals surface area contributed by atoms with Crippen molar-refractivity contribution < 1.29 is 0 Å². The third-order valence-corrected chi connectivity index (χ3v) is 3.86. The summed E-state index contributed by atoms with van der Waals surface area (Å²) in [6, 6.07) is 0. The molecule has 0 N–H and O–H groups in total. The minimum atomic E-state index is -1.36. The molecule has 0 heterocycles. The molecule has 0 aromatic heterocycles. The molecule has 0 spiro atoms. The van der Waals surface area contributed by atoms with Crippen LogP contribution in [0.25, 0.3) is 0 Å². The molecule has 0 unspecified atom stereocenters. The summed E-state index contributed by atoms with van der Waals surface area (Å²) in [5.74, 6) is 0. The Bertz CT molecular complexity index is 63.4. The van der Waals surface area contributed by atoms with Gasteiger partial charge in [-0.05, 0) is 0 Å². The Balaban J connectivity index is 2.81. The second-order valence-electron chi connectivity index (χ2n) is 1.46. The van der Waals surface area contributed by atoms with Crippen molar-refractivity contribution in [3.63, 3.8) is 0 Å². The van der Waals surface area contributed by atoms with Gasteiger partial charge in [0, 0.05) is 0 Å². The number of allylic oxidation sites excluding steroid dienone is 1. The van der Waals surface area contributed by atoms with Gasteiger partial charge < -0.3 is 0 Å². The number of hydrogen-bond acceptors (Lipinski definition) is 0. The van der Waals surface area contributed by atoms with Gasteiger partial charge >= 0.3 is 63.4 Å². The maximum absolute atomic E-state index is 5.59. The van der Waals surface area contributed by atoms with Crippen LogP contribution < -0.4 is 0 Å². The first-order chi connectivity index (χ1) is 3.77. The molecule has 0 saturated heterocycles. The van der Waals surface area contributed by atoms with Gasteiger partial charge in [-0.25, -0.2) is 0 Å². The molecule has 0 bridgehead atoms. The summed E-state index contributed by atoms with van der Waals surface area (Å²) < 4.78 is 0. The van der Waals surface area contributed by atoms with E-state index in [0.29, 0.717) is 0 Å². The summed E-state index contributed by atoms with van der Waals surface area (Å²) in [5, 5.41) is 1.02. The van der Waals surface area contributed by atoms with E-state index < -0.39 is 12.8 Å². The van der Waals surface area contributed by atoms with Crippen LogP contribution in [0, 0.1) is 0 Å². The molecule has 0 aliphatic rings. The molecule has 0 aromatic carbocycles. The van der Waals surface area contributed by atoms with E-state index in [2.05, 4.69) is 6.58 Å². The standard InChI is InChI=1S/C5H9AsCl2/c1-2-3-4-5-6(7)8/h2H,1,3-5H2. The Labute approximate surface area is 63.4 Å². The zero-order valence-electron chi connectivity index (χ0n) is 4.61. The second-order valence-corrected chi connectivity index (χ2v) is 8.81. The van der Waals surface area contributed by atoms with E-state index in [1.807, 2.05) is 6.08 Å². The first-order valence-electron chi connectivity index (χ1n) is 2.47. The summed E-state index contributed by atoms with van der Waals surface area (Å²) in [6.07, 6.45) is 4.05.